The van der Waals surface area contributed by atoms with Gasteiger partial charge < -0.3 is 24.0 Å². The van der Waals surface area contributed by atoms with Crippen LogP contribution < -0.4 is 0 Å². The summed E-state index contributed by atoms with van der Waals surface area (Å²) in [5.74, 6) is 0.316. The average Bonchev–Trinajstić information content (AvgIpc) is 3.20. The lowest BCUT2D eigenvalue weighted by molar-refractivity contribution is -0.137. The number of aromatic nitrogens is 2. The fraction of sp³-hybridized carbons (Fsp3) is 0.615. The number of hydrogen-bond acceptors (Lipinski definition) is 5. The molecule has 0 spiro atoms. The average molecular weight is 542 g/mol. The molecule has 206 valence electrons. The van der Waals surface area contributed by atoms with E-state index in [0.29, 0.717) is 23.7 Å². The van der Waals surface area contributed by atoms with E-state index in [1.165, 1.54) is 6.07 Å². The van der Waals surface area contributed by atoms with E-state index < -0.39 is 37.1 Å². The summed E-state index contributed by atoms with van der Waals surface area (Å²) in [6.07, 6.45) is -2.89. The predicted molar refractivity (Wildman–Crippen MR) is 138 cm³/mol. The molecule has 0 bridgehead atoms. The third-order valence-electron chi connectivity index (χ3n) is 6.15. The zero-order valence-corrected chi connectivity index (χ0v) is 23.5. The number of nitrogens with zero attached hydrogens (tertiary/aromatic N) is 3. The molecule has 1 aromatic carbocycles. The molecule has 1 aliphatic rings. The fourth-order valence-corrected chi connectivity index (χ4v) is 4.79. The van der Waals surface area contributed by atoms with Crippen molar-refractivity contribution in [3.8, 4) is 11.3 Å². The molecule has 2 heterocycles. The molecule has 3 rings (SSSR count). The summed E-state index contributed by atoms with van der Waals surface area (Å²) in [5.41, 5.74) is -2.16. The van der Waals surface area contributed by atoms with E-state index >= 15 is 0 Å². The van der Waals surface area contributed by atoms with Gasteiger partial charge in [0.25, 0.3) is 0 Å². The minimum Gasteiger partial charge on any atom is -0.444 e. The van der Waals surface area contributed by atoms with Crippen LogP contribution in [0.25, 0.3) is 11.3 Å². The van der Waals surface area contributed by atoms with Crippen LogP contribution in [0, 0.1) is 0 Å². The van der Waals surface area contributed by atoms with Crippen LogP contribution in [-0.4, -0.2) is 59.0 Å². The third-order valence-corrected chi connectivity index (χ3v) is 7.85. The van der Waals surface area contributed by atoms with E-state index in [-0.39, 0.29) is 32.7 Å². The van der Waals surface area contributed by atoms with Gasteiger partial charge in [-0.3, -0.25) is 0 Å². The van der Waals surface area contributed by atoms with Crippen molar-refractivity contribution in [2.24, 2.45) is 0 Å². The van der Waals surface area contributed by atoms with E-state index in [1.807, 2.05) is 0 Å². The van der Waals surface area contributed by atoms with Gasteiger partial charge in [-0.25, -0.2) is 9.78 Å². The van der Waals surface area contributed by atoms with E-state index in [2.05, 4.69) is 24.6 Å². The normalized spacial score (nSPS) is 16.6. The van der Waals surface area contributed by atoms with Gasteiger partial charge in [0.15, 0.2) is 0 Å². The number of amides is 1. The maximum absolute atomic E-state index is 13.3. The van der Waals surface area contributed by atoms with Crippen LogP contribution >= 0.6 is 0 Å². The first-order chi connectivity index (χ1) is 17.0. The van der Waals surface area contributed by atoms with Gasteiger partial charge in [0, 0.05) is 52.4 Å². The van der Waals surface area contributed by atoms with E-state index in [0.717, 1.165) is 18.2 Å². The molecular weight excluding hydrogens is 503 g/mol. The molecule has 2 aromatic rings. The van der Waals surface area contributed by atoms with Crippen molar-refractivity contribution in [1.29, 1.82) is 0 Å². The number of piperidine rings is 1. The summed E-state index contributed by atoms with van der Waals surface area (Å²) in [5, 5.41) is 11.6. The first-order valence-corrected chi connectivity index (χ1v) is 16.2. The maximum Gasteiger partial charge on any atom is 0.416 e. The molecule has 0 atom stereocenters. The Morgan fingerprint density at radius 2 is 1.81 bits per heavy atom. The SMILES string of the molecule is CC(C)(C)OC(=O)N1CCC(O)(c2nc(-c3cccc(C(F)(F)F)c3)cn2COCC[Si](C)(C)C)CC1. The van der Waals surface area contributed by atoms with Crippen molar-refractivity contribution in [1.82, 2.24) is 14.5 Å². The monoisotopic (exact) mass is 541 g/mol. The van der Waals surface area contributed by atoms with Crippen molar-refractivity contribution in [3.63, 3.8) is 0 Å². The van der Waals surface area contributed by atoms with Crippen LogP contribution in [0.5, 0.6) is 0 Å². The Balaban J connectivity index is 1.86. The Kier molecular flexibility index (Phi) is 8.50. The van der Waals surface area contributed by atoms with Gasteiger partial charge in [-0.05, 0) is 38.9 Å². The number of ether oxygens (including phenoxy) is 2. The number of imidazole rings is 1. The number of alkyl halides is 3. The summed E-state index contributed by atoms with van der Waals surface area (Å²) in [7, 11) is -1.32. The molecule has 11 heteroatoms. The minimum atomic E-state index is -4.48. The number of carbonyl (C=O) groups is 1. The lowest BCUT2D eigenvalue weighted by atomic mass is 9.90. The highest BCUT2D eigenvalue weighted by atomic mass is 28.3. The summed E-state index contributed by atoms with van der Waals surface area (Å²) in [4.78, 5) is 18.6. The van der Waals surface area contributed by atoms with Crippen molar-refractivity contribution in [2.75, 3.05) is 19.7 Å². The Morgan fingerprint density at radius 1 is 1.16 bits per heavy atom. The van der Waals surface area contributed by atoms with Gasteiger partial charge in [-0.1, -0.05) is 31.8 Å². The van der Waals surface area contributed by atoms with Crippen LogP contribution in [0.3, 0.4) is 0 Å². The topological polar surface area (TPSA) is 76.8 Å². The molecular formula is C26H38F3N3O4Si. The summed E-state index contributed by atoms with van der Waals surface area (Å²) >= 11 is 0. The first-order valence-electron chi connectivity index (χ1n) is 12.5. The molecule has 1 aliphatic heterocycles. The minimum absolute atomic E-state index is 0.115. The summed E-state index contributed by atoms with van der Waals surface area (Å²) in [6.45, 7) is 13.3. The molecule has 0 radical (unpaired) electrons. The first kappa shape index (κ1) is 29.2. The summed E-state index contributed by atoms with van der Waals surface area (Å²) < 4.78 is 52.9. The number of rotatable bonds is 7. The van der Waals surface area contributed by atoms with Gasteiger partial charge in [0.1, 0.15) is 23.8 Å². The fourth-order valence-electron chi connectivity index (χ4n) is 4.03. The molecule has 1 N–H and O–H groups in total. The highest BCUT2D eigenvalue weighted by Crippen LogP contribution is 2.36. The van der Waals surface area contributed by atoms with Crippen LogP contribution in [0.15, 0.2) is 30.5 Å². The second-order valence-electron chi connectivity index (χ2n) is 11.8. The van der Waals surface area contributed by atoms with Gasteiger partial charge in [-0.15, -0.1) is 0 Å². The zero-order valence-electron chi connectivity index (χ0n) is 22.5. The van der Waals surface area contributed by atoms with Crippen molar-refractivity contribution in [2.45, 2.75) is 83.4 Å². The van der Waals surface area contributed by atoms with Gasteiger partial charge >= 0.3 is 12.3 Å². The Morgan fingerprint density at radius 3 is 2.38 bits per heavy atom. The van der Waals surface area contributed by atoms with Gasteiger partial charge in [0.2, 0.25) is 0 Å². The number of aliphatic hydroxyl groups is 1. The predicted octanol–water partition coefficient (Wildman–Crippen LogP) is 6.10. The molecule has 0 aliphatic carbocycles. The second-order valence-corrected chi connectivity index (χ2v) is 17.5. The zero-order chi connectivity index (χ0) is 27.6. The Hall–Kier alpha value is -2.37. The largest absolute Gasteiger partial charge is 0.444 e. The maximum atomic E-state index is 13.3. The van der Waals surface area contributed by atoms with Crippen LogP contribution in [0.4, 0.5) is 18.0 Å². The standard InChI is InChI=1S/C26H38F3N3O4Si/c1-24(2,3)36-23(33)31-12-10-25(34,11-13-31)22-30-21(17-32(22)18-35-14-15-37(4,5)6)19-8-7-9-20(16-19)26(27,28)29/h7-9,16-17,34H,10-15,18H2,1-6H3. The number of likely N-dealkylation sites (tertiary alicyclic amines) is 1. The van der Waals surface area contributed by atoms with Crippen molar-refractivity contribution >= 4 is 14.2 Å². The summed E-state index contributed by atoms with van der Waals surface area (Å²) in [6, 6.07) is 5.92. The van der Waals surface area contributed by atoms with Gasteiger partial charge in [0.05, 0.1) is 11.3 Å². The van der Waals surface area contributed by atoms with Gasteiger partial charge in [-0.2, -0.15) is 13.2 Å². The van der Waals surface area contributed by atoms with E-state index in [9.17, 15) is 23.1 Å². The Bertz CT molecular complexity index is 1080. The van der Waals surface area contributed by atoms with E-state index in [4.69, 9.17) is 9.47 Å². The quantitative estimate of drug-likeness (QED) is 0.339. The lowest BCUT2D eigenvalue weighted by Crippen LogP contribution is -2.47. The number of halogens is 3. The smallest absolute Gasteiger partial charge is 0.416 e. The molecule has 7 nitrogen and oxygen atoms in total. The van der Waals surface area contributed by atoms with Crippen molar-refractivity contribution < 1.29 is 32.5 Å². The lowest BCUT2D eigenvalue weighted by Gasteiger charge is -2.38. The van der Waals surface area contributed by atoms with Crippen molar-refractivity contribution in [3.05, 3.63) is 41.9 Å². The molecule has 1 saturated heterocycles. The number of hydrogen-bond donors (Lipinski definition) is 1. The molecule has 1 fully saturated rings. The van der Waals surface area contributed by atoms with Crippen LogP contribution in [0.1, 0.15) is 45.0 Å². The highest BCUT2D eigenvalue weighted by Gasteiger charge is 2.40. The number of carbonyl (C=O) groups excluding carboxylic acids is 1. The molecule has 1 amide bonds. The highest BCUT2D eigenvalue weighted by molar-refractivity contribution is 6.76. The molecule has 1 aromatic heterocycles. The Labute approximate surface area is 217 Å². The molecule has 37 heavy (non-hydrogen) atoms. The number of benzene rings is 1. The van der Waals surface area contributed by atoms with Crippen LogP contribution in [0.2, 0.25) is 25.7 Å². The molecule has 0 saturated carbocycles. The van der Waals surface area contributed by atoms with E-state index in [1.54, 1.807) is 42.5 Å². The third kappa shape index (κ3) is 8.05. The van der Waals surface area contributed by atoms with Crippen LogP contribution in [-0.2, 0) is 28.0 Å². The molecule has 0 unspecified atom stereocenters. The second kappa shape index (κ2) is 10.8.